The van der Waals surface area contributed by atoms with E-state index in [0.29, 0.717) is 27.6 Å². The van der Waals surface area contributed by atoms with Gasteiger partial charge in [-0.15, -0.1) is 11.3 Å². The van der Waals surface area contributed by atoms with E-state index in [1.807, 2.05) is 0 Å². The van der Waals surface area contributed by atoms with Gasteiger partial charge in [0.15, 0.2) is 5.13 Å². The van der Waals surface area contributed by atoms with Crippen molar-refractivity contribution in [1.82, 2.24) is 9.97 Å². The molecule has 0 atom stereocenters. The van der Waals surface area contributed by atoms with Crippen molar-refractivity contribution in [3.8, 4) is 0 Å². The number of fused-ring (bicyclic) bond motifs is 1. The predicted molar refractivity (Wildman–Crippen MR) is 80.0 cm³/mol. The number of thiazole rings is 2. The Hall–Kier alpha value is -1.71. The Morgan fingerprint density at radius 1 is 1.23 bits per heavy atom. The lowest BCUT2D eigenvalue weighted by atomic mass is 10.2. The quantitative estimate of drug-likeness (QED) is 0.753. The number of benzene rings is 1. The summed E-state index contributed by atoms with van der Waals surface area (Å²) in [4.78, 5) is 8.34. The normalized spacial score (nSPS) is 12.0. The Balaban J connectivity index is 1.77. The van der Waals surface area contributed by atoms with Gasteiger partial charge in [0.25, 0.3) is 0 Å². The smallest absolute Gasteiger partial charge is 0.390 e. The predicted octanol–water partition coefficient (Wildman–Crippen LogP) is 3.88. The van der Waals surface area contributed by atoms with E-state index in [0.717, 1.165) is 17.1 Å². The first kappa shape index (κ1) is 15.2. The maximum atomic E-state index is 12.7. The van der Waals surface area contributed by atoms with Gasteiger partial charge in [-0.3, -0.25) is 0 Å². The van der Waals surface area contributed by atoms with E-state index >= 15 is 0 Å². The second-order valence-corrected chi connectivity index (χ2v) is 6.42. The van der Waals surface area contributed by atoms with Gasteiger partial charge in [-0.2, -0.15) is 13.2 Å². The third-order valence-electron chi connectivity index (χ3n) is 2.87. The van der Waals surface area contributed by atoms with Crippen LogP contribution in [0.25, 0.3) is 10.2 Å². The summed E-state index contributed by atoms with van der Waals surface area (Å²) in [5.74, 6) is 0. The number of alkyl halides is 3. The van der Waals surface area contributed by atoms with Crippen LogP contribution in [-0.4, -0.2) is 15.1 Å². The highest BCUT2D eigenvalue weighted by Gasteiger charge is 2.30. The van der Waals surface area contributed by atoms with E-state index in [1.165, 1.54) is 28.7 Å². The molecule has 0 aliphatic heterocycles. The fraction of sp³-hybridized carbons (Fsp3) is 0.231. The van der Waals surface area contributed by atoms with E-state index in [-0.39, 0.29) is 6.61 Å². The van der Waals surface area contributed by atoms with Gasteiger partial charge < -0.3 is 10.4 Å². The van der Waals surface area contributed by atoms with Crippen LogP contribution in [0.4, 0.5) is 18.3 Å². The summed E-state index contributed by atoms with van der Waals surface area (Å²) in [5, 5.41) is 15.1. The fourth-order valence-corrected chi connectivity index (χ4v) is 3.40. The molecule has 0 saturated heterocycles. The summed E-state index contributed by atoms with van der Waals surface area (Å²) < 4.78 is 38.7. The zero-order valence-corrected chi connectivity index (χ0v) is 12.6. The van der Waals surface area contributed by atoms with Crippen molar-refractivity contribution in [2.45, 2.75) is 19.3 Å². The van der Waals surface area contributed by atoms with Crippen LogP contribution in [0.5, 0.6) is 0 Å². The van der Waals surface area contributed by atoms with E-state index in [9.17, 15) is 13.2 Å². The van der Waals surface area contributed by atoms with Crippen molar-refractivity contribution in [3.63, 3.8) is 0 Å². The van der Waals surface area contributed by atoms with E-state index in [1.54, 1.807) is 5.38 Å². The van der Waals surface area contributed by atoms with Crippen LogP contribution in [0.3, 0.4) is 0 Å². The molecule has 2 N–H and O–H groups in total. The summed E-state index contributed by atoms with van der Waals surface area (Å²) in [6.07, 6.45) is -4.37. The first-order valence-corrected chi connectivity index (χ1v) is 7.91. The van der Waals surface area contributed by atoms with E-state index in [4.69, 9.17) is 5.11 Å². The molecule has 22 heavy (non-hydrogen) atoms. The number of aromatic nitrogens is 2. The van der Waals surface area contributed by atoms with Crippen molar-refractivity contribution < 1.29 is 18.3 Å². The lowest BCUT2D eigenvalue weighted by Gasteiger charge is -2.04. The van der Waals surface area contributed by atoms with Gasteiger partial charge in [0.05, 0.1) is 34.6 Å². The van der Waals surface area contributed by atoms with Crippen LogP contribution < -0.4 is 5.32 Å². The number of nitrogens with zero attached hydrogens (tertiary/aromatic N) is 2. The Kier molecular flexibility index (Phi) is 4.02. The summed E-state index contributed by atoms with van der Waals surface area (Å²) >= 11 is 2.69. The molecular weight excluding hydrogens is 335 g/mol. The second-order valence-electron chi connectivity index (χ2n) is 4.44. The number of hydrogen-bond acceptors (Lipinski definition) is 6. The molecule has 0 spiro atoms. The van der Waals surface area contributed by atoms with Crippen LogP contribution >= 0.6 is 22.7 Å². The number of aliphatic hydroxyl groups excluding tert-OH is 1. The SMILES string of the molecule is OCc1csc(CNc2nc3cc(C(F)(F)F)ccc3s2)n1. The fourth-order valence-electron chi connectivity index (χ4n) is 1.83. The standard InChI is InChI=1S/C13H10F3N3OS2/c14-13(15,16)7-1-2-10-9(3-7)19-12(22-10)17-4-11-18-8(5-20)6-21-11/h1-3,6,20H,4-5H2,(H,17,19). The monoisotopic (exact) mass is 345 g/mol. The minimum Gasteiger partial charge on any atom is -0.390 e. The van der Waals surface area contributed by atoms with Crippen molar-refractivity contribution in [3.05, 3.63) is 39.8 Å². The number of aliphatic hydroxyl groups is 1. The molecule has 4 nitrogen and oxygen atoms in total. The maximum Gasteiger partial charge on any atom is 0.416 e. The molecule has 2 aromatic heterocycles. The summed E-state index contributed by atoms with van der Waals surface area (Å²) in [7, 11) is 0. The first-order chi connectivity index (χ1) is 10.5. The zero-order valence-electron chi connectivity index (χ0n) is 11.0. The van der Waals surface area contributed by atoms with Gasteiger partial charge in [-0.05, 0) is 18.2 Å². The first-order valence-electron chi connectivity index (χ1n) is 6.21. The largest absolute Gasteiger partial charge is 0.416 e. The molecule has 0 aliphatic carbocycles. The number of nitrogens with one attached hydrogen (secondary N) is 1. The van der Waals surface area contributed by atoms with Gasteiger partial charge in [0.2, 0.25) is 0 Å². The van der Waals surface area contributed by atoms with Crippen LogP contribution in [0, 0.1) is 0 Å². The third kappa shape index (κ3) is 3.21. The molecule has 0 saturated carbocycles. The maximum absolute atomic E-state index is 12.7. The Morgan fingerprint density at radius 3 is 2.73 bits per heavy atom. The highest BCUT2D eigenvalue weighted by Crippen LogP contribution is 2.34. The van der Waals surface area contributed by atoms with Crippen LogP contribution in [0.1, 0.15) is 16.3 Å². The lowest BCUT2D eigenvalue weighted by Crippen LogP contribution is -2.04. The summed E-state index contributed by atoms with van der Waals surface area (Å²) in [6, 6.07) is 3.52. The minimum absolute atomic E-state index is 0.113. The van der Waals surface area contributed by atoms with Gasteiger partial charge in [0, 0.05) is 5.38 Å². The number of anilines is 1. The molecule has 0 fully saturated rings. The average Bonchev–Trinajstić information content (AvgIpc) is 3.09. The Labute approximate surface area is 131 Å². The lowest BCUT2D eigenvalue weighted by molar-refractivity contribution is -0.137. The second kappa shape index (κ2) is 5.82. The third-order valence-corrected chi connectivity index (χ3v) is 4.76. The van der Waals surface area contributed by atoms with E-state index < -0.39 is 11.7 Å². The Morgan fingerprint density at radius 2 is 2.05 bits per heavy atom. The highest BCUT2D eigenvalue weighted by atomic mass is 32.1. The van der Waals surface area contributed by atoms with Gasteiger partial charge in [0.1, 0.15) is 5.01 Å². The number of rotatable bonds is 4. The summed E-state index contributed by atoms with van der Waals surface area (Å²) in [5.41, 5.74) is 0.211. The van der Waals surface area contributed by atoms with Crippen LogP contribution in [-0.2, 0) is 19.3 Å². The minimum atomic E-state index is -4.37. The highest BCUT2D eigenvalue weighted by molar-refractivity contribution is 7.22. The van der Waals surface area contributed by atoms with Gasteiger partial charge >= 0.3 is 6.18 Å². The van der Waals surface area contributed by atoms with Crippen molar-refractivity contribution in [1.29, 1.82) is 0 Å². The van der Waals surface area contributed by atoms with Crippen molar-refractivity contribution in [2.24, 2.45) is 0 Å². The molecule has 2 heterocycles. The van der Waals surface area contributed by atoms with Crippen molar-refractivity contribution >= 4 is 38.0 Å². The van der Waals surface area contributed by atoms with E-state index in [2.05, 4.69) is 15.3 Å². The molecule has 0 aliphatic rings. The number of halogens is 3. The summed E-state index contributed by atoms with van der Waals surface area (Å²) in [6.45, 7) is 0.300. The van der Waals surface area contributed by atoms with Crippen molar-refractivity contribution in [2.75, 3.05) is 5.32 Å². The molecule has 3 aromatic rings. The molecule has 0 unspecified atom stereocenters. The average molecular weight is 345 g/mol. The van der Waals surface area contributed by atoms with Gasteiger partial charge in [-0.1, -0.05) is 11.3 Å². The number of hydrogen-bond donors (Lipinski definition) is 2. The molecule has 116 valence electrons. The molecule has 0 radical (unpaired) electrons. The molecule has 9 heteroatoms. The zero-order chi connectivity index (χ0) is 15.7. The molecule has 1 aromatic carbocycles. The Bertz CT molecular complexity index is 797. The molecule has 0 amide bonds. The molecule has 3 rings (SSSR count). The molecular formula is C13H10F3N3OS2. The van der Waals surface area contributed by atoms with Crippen LogP contribution in [0.2, 0.25) is 0 Å². The molecule has 0 bridgehead atoms. The topological polar surface area (TPSA) is 58.0 Å². The van der Waals surface area contributed by atoms with Gasteiger partial charge in [-0.25, -0.2) is 9.97 Å². The van der Waals surface area contributed by atoms with Crippen LogP contribution in [0.15, 0.2) is 23.6 Å².